The van der Waals surface area contributed by atoms with Crippen LogP contribution in [0.5, 0.6) is 0 Å². The molecule has 0 aliphatic heterocycles. The van der Waals surface area contributed by atoms with E-state index in [0.717, 1.165) is 0 Å². The Morgan fingerprint density at radius 3 is 2.83 bits per heavy atom. The lowest BCUT2D eigenvalue weighted by molar-refractivity contribution is -0.167. The minimum Gasteiger partial charge on any atom is -0.424 e. The van der Waals surface area contributed by atoms with Gasteiger partial charge in [-0.1, -0.05) is 23.7 Å². The summed E-state index contributed by atoms with van der Waals surface area (Å²) in [6.07, 6.45) is -2.05. The number of nitrogens with two attached hydrogens (primary N) is 1. The SMILES string of the molecule is NC(OC=O)OC[C@H]1C[C@@H](Nc2c(Cl)cnc3cc(-c4cccc(SC(F)(F)F)c4)nn23)[C@H](O)[C@@H]1O. The van der Waals surface area contributed by atoms with Gasteiger partial charge >= 0.3 is 5.51 Å². The molecular weight excluding hydrogens is 527 g/mol. The van der Waals surface area contributed by atoms with E-state index in [1.165, 1.54) is 28.9 Å². The molecule has 1 fully saturated rings. The van der Waals surface area contributed by atoms with Gasteiger partial charge in [0.15, 0.2) is 11.5 Å². The van der Waals surface area contributed by atoms with Crippen molar-refractivity contribution in [3.63, 3.8) is 0 Å². The van der Waals surface area contributed by atoms with Gasteiger partial charge in [0.25, 0.3) is 12.9 Å². The molecule has 36 heavy (non-hydrogen) atoms. The van der Waals surface area contributed by atoms with Crippen LogP contribution in [0.4, 0.5) is 19.0 Å². The molecule has 5 atom stereocenters. The fraction of sp³-hybridized carbons (Fsp3) is 0.381. The molecule has 0 spiro atoms. The minimum atomic E-state index is -4.42. The molecule has 10 nitrogen and oxygen atoms in total. The van der Waals surface area contributed by atoms with Crippen molar-refractivity contribution in [2.24, 2.45) is 11.7 Å². The van der Waals surface area contributed by atoms with Gasteiger partial charge < -0.3 is 25.0 Å². The Morgan fingerprint density at radius 1 is 1.33 bits per heavy atom. The van der Waals surface area contributed by atoms with Crippen molar-refractivity contribution >= 4 is 41.3 Å². The second-order valence-corrected chi connectivity index (χ2v) is 9.54. The average Bonchev–Trinajstić information content (AvgIpc) is 3.36. The summed E-state index contributed by atoms with van der Waals surface area (Å²) in [5, 5.41) is 28.7. The molecule has 15 heteroatoms. The third-order valence-electron chi connectivity index (χ3n) is 5.59. The van der Waals surface area contributed by atoms with Crippen LogP contribution >= 0.6 is 23.4 Å². The number of carbonyl (C=O) groups is 1. The Kier molecular flexibility index (Phi) is 7.92. The Balaban J connectivity index is 1.56. The highest BCUT2D eigenvalue weighted by Gasteiger charge is 2.42. The third-order valence-corrected chi connectivity index (χ3v) is 6.59. The van der Waals surface area contributed by atoms with E-state index in [-0.39, 0.29) is 47.0 Å². The maximum Gasteiger partial charge on any atom is 0.446 e. The highest BCUT2D eigenvalue weighted by molar-refractivity contribution is 8.00. The molecule has 2 aromatic heterocycles. The van der Waals surface area contributed by atoms with Crippen LogP contribution in [0.25, 0.3) is 16.9 Å². The van der Waals surface area contributed by atoms with Crippen LogP contribution in [0.2, 0.25) is 5.02 Å². The summed E-state index contributed by atoms with van der Waals surface area (Å²) in [5.74, 6) is -0.260. The highest BCUT2D eigenvalue weighted by atomic mass is 35.5. The summed E-state index contributed by atoms with van der Waals surface area (Å²) in [6, 6.07) is 6.76. The number of halogens is 4. The second-order valence-electron chi connectivity index (χ2n) is 7.99. The molecule has 1 unspecified atom stereocenters. The van der Waals surface area contributed by atoms with E-state index in [4.69, 9.17) is 22.1 Å². The molecule has 0 saturated heterocycles. The lowest BCUT2D eigenvalue weighted by Crippen LogP contribution is -2.36. The predicted molar refractivity (Wildman–Crippen MR) is 124 cm³/mol. The van der Waals surface area contributed by atoms with E-state index >= 15 is 0 Å². The quantitative estimate of drug-likeness (QED) is 0.179. The first kappa shape index (κ1) is 26.4. The number of nitrogens with one attached hydrogen (secondary N) is 1. The van der Waals surface area contributed by atoms with E-state index in [0.29, 0.717) is 16.9 Å². The van der Waals surface area contributed by atoms with E-state index in [1.807, 2.05) is 0 Å². The van der Waals surface area contributed by atoms with Crippen molar-refractivity contribution < 1.29 is 37.7 Å². The normalized spacial score (nSPS) is 23.1. The molecule has 1 saturated carbocycles. The Bertz CT molecular complexity index is 1230. The smallest absolute Gasteiger partial charge is 0.424 e. The van der Waals surface area contributed by atoms with Gasteiger partial charge in [-0.3, -0.25) is 10.5 Å². The molecule has 5 N–H and O–H groups in total. The summed E-state index contributed by atoms with van der Waals surface area (Å²) in [5.41, 5.74) is 2.18. The summed E-state index contributed by atoms with van der Waals surface area (Å²) in [4.78, 5) is 14.6. The lowest BCUT2D eigenvalue weighted by Gasteiger charge is -2.20. The van der Waals surface area contributed by atoms with Crippen molar-refractivity contribution in [3.8, 4) is 11.3 Å². The van der Waals surface area contributed by atoms with Crippen molar-refractivity contribution in [3.05, 3.63) is 41.6 Å². The van der Waals surface area contributed by atoms with Gasteiger partial charge in [-0.15, -0.1) is 0 Å². The first-order valence-electron chi connectivity index (χ1n) is 10.5. The average molecular weight is 548 g/mol. The number of ether oxygens (including phenoxy) is 2. The van der Waals surface area contributed by atoms with Crippen LogP contribution in [-0.4, -0.2) is 68.1 Å². The van der Waals surface area contributed by atoms with Crippen LogP contribution in [0.3, 0.4) is 0 Å². The van der Waals surface area contributed by atoms with Crippen LogP contribution < -0.4 is 11.1 Å². The summed E-state index contributed by atoms with van der Waals surface area (Å²) in [7, 11) is 0. The lowest BCUT2D eigenvalue weighted by atomic mass is 10.1. The van der Waals surface area contributed by atoms with Crippen LogP contribution in [0.15, 0.2) is 41.4 Å². The third kappa shape index (κ3) is 6.02. The standard InChI is InChI=1S/C21H21ClF3N5O5S/c22-13-7-27-16-6-14(10-2-1-3-12(4-10)36-21(23,24)25)29-30(16)19(13)28-15-5-11(17(32)18(15)33)8-34-20(26)35-9-31/h1-4,6-7,9,11,15,17-18,20,28,32-33H,5,8,26H2/t11-,15-,17-,18+,20?/m1/s1. The van der Waals surface area contributed by atoms with E-state index in [1.54, 1.807) is 12.1 Å². The minimum absolute atomic E-state index is 0.0102. The molecular formula is C21H21ClF3N5O5S. The Hall–Kier alpha value is -2.62. The van der Waals surface area contributed by atoms with E-state index in [9.17, 15) is 28.2 Å². The molecule has 1 aliphatic carbocycles. The Labute approximate surface area is 211 Å². The van der Waals surface area contributed by atoms with Gasteiger partial charge in [0.05, 0.1) is 30.6 Å². The number of anilines is 1. The maximum absolute atomic E-state index is 12.8. The van der Waals surface area contributed by atoms with Crippen molar-refractivity contribution in [2.75, 3.05) is 11.9 Å². The number of hydrogen-bond donors (Lipinski definition) is 4. The molecule has 4 rings (SSSR count). The molecule has 0 radical (unpaired) electrons. The number of aromatic nitrogens is 3. The fourth-order valence-corrected chi connectivity index (χ4v) is 4.74. The summed E-state index contributed by atoms with van der Waals surface area (Å²) < 4.78 is 49.3. The molecule has 2 heterocycles. The van der Waals surface area contributed by atoms with Gasteiger partial charge in [0.1, 0.15) is 11.1 Å². The number of aliphatic hydroxyl groups excluding tert-OH is 2. The van der Waals surface area contributed by atoms with E-state index in [2.05, 4.69) is 20.1 Å². The summed E-state index contributed by atoms with van der Waals surface area (Å²) in [6.45, 7) is 0.0541. The molecule has 194 valence electrons. The van der Waals surface area contributed by atoms with Gasteiger partial charge in [0, 0.05) is 22.4 Å². The number of hydrogen-bond acceptors (Lipinski definition) is 10. The van der Waals surface area contributed by atoms with Crippen molar-refractivity contribution in [2.45, 2.75) is 41.5 Å². The number of benzene rings is 1. The molecule has 3 aromatic rings. The monoisotopic (exact) mass is 547 g/mol. The van der Waals surface area contributed by atoms with E-state index < -0.39 is 36.1 Å². The highest BCUT2D eigenvalue weighted by Crippen LogP contribution is 2.38. The number of alkyl halides is 3. The zero-order valence-corrected chi connectivity index (χ0v) is 19.9. The molecule has 0 amide bonds. The fourth-order valence-electron chi connectivity index (χ4n) is 3.96. The van der Waals surface area contributed by atoms with Crippen LogP contribution in [0.1, 0.15) is 6.42 Å². The largest absolute Gasteiger partial charge is 0.446 e. The maximum atomic E-state index is 12.8. The van der Waals surface area contributed by atoms with Gasteiger partial charge in [-0.05, 0) is 30.3 Å². The Morgan fingerprint density at radius 2 is 2.11 bits per heavy atom. The summed E-state index contributed by atoms with van der Waals surface area (Å²) >= 11 is 6.12. The zero-order valence-electron chi connectivity index (χ0n) is 18.3. The van der Waals surface area contributed by atoms with Gasteiger partial charge in [-0.2, -0.15) is 22.8 Å². The van der Waals surface area contributed by atoms with Crippen molar-refractivity contribution in [1.29, 1.82) is 0 Å². The first-order chi connectivity index (χ1) is 17.1. The number of fused-ring (bicyclic) bond motifs is 1. The van der Waals surface area contributed by atoms with Crippen molar-refractivity contribution in [1.82, 2.24) is 14.6 Å². The number of nitrogens with zero attached hydrogens (tertiary/aromatic N) is 3. The van der Waals surface area contributed by atoms with Gasteiger partial charge in [0.2, 0.25) is 0 Å². The number of carbonyl (C=O) groups excluding carboxylic acids is 1. The number of thioether (sulfide) groups is 1. The molecule has 1 aromatic carbocycles. The first-order valence-corrected chi connectivity index (χ1v) is 11.7. The molecule has 0 bridgehead atoms. The second kappa shape index (κ2) is 10.8. The predicted octanol–water partition coefficient (Wildman–Crippen LogP) is 2.62. The molecule has 1 aliphatic rings. The van der Waals surface area contributed by atoms with Gasteiger partial charge in [-0.25, -0.2) is 4.98 Å². The number of aliphatic hydroxyl groups is 2. The zero-order chi connectivity index (χ0) is 26.0. The number of rotatable bonds is 9. The topological polar surface area (TPSA) is 144 Å². The van der Waals surface area contributed by atoms with Crippen LogP contribution in [-0.2, 0) is 14.3 Å². The van der Waals surface area contributed by atoms with Crippen LogP contribution in [0, 0.1) is 5.92 Å².